The summed E-state index contributed by atoms with van der Waals surface area (Å²) in [6, 6.07) is 4.89. The van der Waals surface area contributed by atoms with Crippen LogP contribution in [0.2, 0.25) is 0 Å². The Kier molecular flexibility index (Phi) is 3.02. The van der Waals surface area contributed by atoms with E-state index in [4.69, 9.17) is 0 Å². The summed E-state index contributed by atoms with van der Waals surface area (Å²) in [6.45, 7) is 1.73. The molecule has 0 unspecified atom stereocenters. The van der Waals surface area contributed by atoms with E-state index < -0.39 is 0 Å². The predicted octanol–water partition coefficient (Wildman–Crippen LogP) is 4.10. The molecule has 0 radical (unpaired) electrons. The van der Waals surface area contributed by atoms with Gasteiger partial charge in [-0.05, 0) is 46.6 Å². The van der Waals surface area contributed by atoms with Crippen LogP contribution in [-0.2, 0) is 0 Å². The number of halogens is 2. The molecule has 0 fully saturated rings. The molecule has 1 heterocycles. The monoisotopic (exact) mass is 286 g/mol. The first-order chi connectivity index (χ1) is 7.15. The molecule has 5 heteroatoms. The third-order valence-electron chi connectivity index (χ3n) is 1.89. The summed E-state index contributed by atoms with van der Waals surface area (Å²) in [4.78, 5) is 4.19. The predicted molar refractivity (Wildman–Crippen MR) is 64.2 cm³/mol. The van der Waals surface area contributed by atoms with Crippen LogP contribution in [-0.4, -0.2) is 4.98 Å². The van der Waals surface area contributed by atoms with E-state index in [-0.39, 0.29) is 5.82 Å². The second kappa shape index (κ2) is 4.28. The molecule has 2 aromatic rings. The third kappa shape index (κ3) is 2.54. The van der Waals surface area contributed by atoms with Gasteiger partial charge in [0.2, 0.25) is 0 Å². The average Bonchev–Trinajstić information content (AvgIpc) is 2.58. The molecule has 0 bridgehead atoms. The maximum atomic E-state index is 13.0. The van der Waals surface area contributed by atoms with Crippen molar-refractivity contribution in [2.75, 3.05) is 5.32 Å². The molecule has 2 nitrogen and oxygen atoms in total. The van der Waals surface area contributed by atoms with E-state index in [2.05, 4.69) is 26.2 Å². The minimum Gasteiger partial charge on any atom is -0.332 e. The highest BCUT2D eigenvalue weighted by molar-refractivity contribution is 9.10. The van der Waals surface area contributed by atoms with Crippen LogP contribution in [0.5, 0.6) is 0 Å². The van der Waals surface area contributed by atoms with Gasteiger partial charge in [-0.3, -0.25) is 0 Å². The number of nitrogens with one attached hydrogen (secondary N) is 1. The van der Waals surface area contributed by atoms with Gasteiger partial charge in [0.25, 0.3) is 0 Å². The van der Waals surface area contributed by atoms with Crippen LogP contribution < -0.4 is 5.32 Å². The van der Waals surface area contributed by atoms with Crippen molar-refractivity contribution < 1.29 is 4.39 Å². The number of hydrogen-bond acceptors (Lipinski definition) is 3. The lowest BCUT2D eigenvalue weighted by Crippen LogP contribution is -1.91. The molecule has 0 amide bonds. The van der Waals surface area contributed by atoms with Crippen molar-refractivity contribution >= 4 is 38.1 Å². The van der Waals surface area contributed by atoms with Crippen LogP contribution in [0.1, 0.15) is 5.56 Å². The van der Waals surface area contributed by atoms with Crippen molar-refractivity contribution in [3.8, 4) is 0 Å². The Hall–Kier alpha value is -0.940. The number of aryl methyl sites for hydroxylation is 1. The Balaban J connectivity index is 2.21. The van der Waals surface area contributed by atoms with Gasteiger partial charge >= 0.3 is 0 Å². The molecular weight excluding hydrogens is 279 g/mol. The summed E-state index contributed by atoms with van der Waals surface area (Å²) in [5.41, 5.74) is 1.46. The van der Waals surface area contributed by atoms with Crippen molar-refractivity contribution in [3.05, 3.63) is 39.6 Å². The first kappa shape index (κ1) is 10.6. The lowest BCUT2D eigenvalue weighted by Gasteiger charge is -2.03. The summed E-state index contributed by atoms with van der Waals surface area (Å²) in [6.07, 6.45) is 0. The fourth-order valence-corrected chi connectivity index (χ4v) is 2.32. The van der Waals surface area contributed by atoms with Crippen molar-refractivity contribution in [1.82, 2.24) is 4.98 Å². The molecule has 0 atom stereocenters. The minimum absolute atomic E-state index is 0.194. The number of anilines is 2. The molecule has 1 aromatic heterocycles. The second-order valence-corrected chi connectivity index (χ2v) is 4.73. The maximum absolute atomic E-state index is 13.0. The van der Waals surface area contributed by atoms with E-state index >= 15 is 0 Å². The standard InChI is InChI=1S/C10H8BrFN2S/c1-6-4-7(2-3-8(6)12)13-10-14-9(11)5-15-10/h2-5H,1H3,(H,13,14). The lowest BCUT2D eigenvalue weighted by molar-refractivity contribution is 0.619. The van der Waals surface area contributed by atoms with Crippen LogP contribution in [0.3, 0.4) is 0 Å². The molecule has 0 saturated heterocycles. The second-order valence-electron chi connectivity index (χ2n) is 3.06. The Bertz CT molecular complexity index is 484. The number of hydrogen-bond donors (Lipinski definition) is 1. The Morgan fingerprint density at radius 1 is 1.47 bits per heavy atom. The van der Waals surface area contributed by atoms with Gasteiger partial charge in [-0.25, -0.2) is 9.37 Å². The zero-order chi connectivity index (χ0) is 10.8. The summed E-state index contributed by atoms with van der Waals surface area (Å²) < 4.78 is 13.8. The number of aromatic nitrogens is 1. The van der Waals surface area contributed by atoms with Gasteiger partial charge in [0, 0.05) is 11.1 Å². The fraction of sp³-hybridized carbons (Fsp3) is 0.100. The topological polar surface area (TPSA) is 24.9 Å². The Morgan fingerprint density at radius 2 is 2.27 bits per heavy atom. The lowest BCUT2D eigenvalue weighted by atomic mass is 10.2. The van der Waals surface area contributed by atoms with E-state index in [0.717, 1.165) is 15.4 Å². The molecule has 0 aliphatic rings. The number of nitrogens with zero attached hydrogens (tertiary/aromatic N) is 1. The molecule has 0 spiro atoms. The minimum atomic E-state index is -0.194. The summed E-state index contributed by atoms with van der Waals surface area (Å²) in [7, 11) is 0. The van der Waals surface area contributed by atoms with Gasteiger partial charge in [0.1, 0.15) is 10.4 Å². The molecule has 78 valence electrons. The molecule has 2 rings (SSSR count). The maximum Gasteiger partial charge on any atom is 0.188 e. The highest BCUT2D eigenvalue weighted by Crippen LogP contribution is 2.24. The average molecular weight is 287 g/mol. The Labute approximate surface area is 99.3 Å². The van der Waals surface area contributed by atoms with E-state index in [1.54, 1.807) is 19.1 Å². The zero-order valence-electron chi connectivity index (χ0n) is 7.92. The van der Waals surface area contributed by atoms with E-state index in [1.165, 1.54) is 17.4 Å². The largest absolute Gasteiger partial charge is 0.332 e. The van der Waals surface area contributed by atoms with Crippen LogP contribution in [0.15, 0.2) is 28.2 Å². The third-order valence-corrected chi connectivity index (χ3v) is 3.35. The van der Waals surface area contributed by atoms with Crippen LogP contribution in [0.4, 0.5) is 15.2 Å². The summed E-state index contributed by atoms with van der Waals surface area (Å²) in [5.74, 6) is -0.194. The van der Waals surface area contributed by atoms with Gasteiger partial charge in [0.05, 0.1) is 0 Å². The van der Waals surface area contributed by atoms with Gasteiger partial charge < -0.3 is 5.32 Å². The normalized spacial score (nSPS) is 10.3. The number of rotatable bonds is 2. The number of thiazole rings is 1. The zero-order valence-corrected chi connectivity index (χ0v) is 10.3. The van der Waals surface area contributed by atoms with Crippen molar-refractivity contribution in [1.29, 1.82) is 0 Å². The quantitative estimate of drug-likeness (QED) is 0.899. The SMILES string of the molecule is Cc1cc(Nc2nc(Br)cs2)ccc1F. The molecule has 15 heavy (non-hydrogen) atoms. The van der Waals surface area contributed by atoms with Crippen LogP contribution >= 0.6 is 27.3 Å². The van der Waals surface area contributed by atoms with Crippen molar-refractivity contribution in [3.63, 3.8) is 0 Å². The molecule has 1 N–H and O–H groups in total. The summed E-state index contributed by atoms with van der Waals surface area (Å²) >= 11 is 4.76. The van der Waals surface area contributed by atoms with Crippen LogP contribution in [0, 0.1) is 12.7 Å². The van der Waals surface area contributed by atoms with Crippen molar-refractivity contribution in [2.24, 2.45) is 0 Å². The highest BCUT2D eigenvalue weighted by atomic mass is 79.9. The molecule has 1 aromatic carbocycles. The first-order valence-electron chi connectivity index (χ1n) is 4.29. The van der Waals surface area contributed by atoms with E-state index in [9.17, 15) is 4.39 Å². The van der Waals surface area contributed by atoms with Crippen LogP contribution in [0.25, 0.3) is 0 Å². The highest BCUT2D eigenvalue weighted by Gasteiger charge is 2.02. The number of benzene rings is 1. The molecular formula is C10H8BrFN2S. The fourth-order valence-electron chi connectivity index (χ4n) is 1.16. The van der Waals surface area contributed by atoms with Gasteiger partial charge in [-0.15, -0.1) is 11.3 Å². The molecule has 0 aliphatic carbocycles. The molecule has 0 aliphatic heterocycles. The van der Waals surface area contributed by atoms with Gasteiger partial charge in [-0.1, -0.05) is 0 Å². The van der Waals surface area contributed by atoms with E-state index in [0.29, 0.717) is 5.56 Å². The van der Waals surface area contributed by atoms with Crippen molar-refractivity contribution in [2.45, 2.75) is 6.92 Å². The van der Waals surface area contributed by atoms with E-state index in [1.807, 2.05) is 5.38 Å². The first-order valence-corrected chi connectivity index (χ1v) is 5.96. The Morgan fingerprint density at radius 3 is 2.87 bits per heavy atom. The summed E-state index contributed by atoms with van der Waals surface area (Å²) in [5, 5.41) is 5.78. The molecule has 0 saturated carbocycles. The smallest absolute Gasteiger partial charge is 0.188 e. The van der Waals surface area contributed by atoms with Gasteiger partial charge in [-0.2, -0.15) is 0 Å². The van der Waals surface area contributed by atoms with Gasteiger partial charge in [0.15, 0.2) is 5.13 Å².